The molecule has 0 bridgehead atoms. The van der Waals surface area contributed by atoms with Gasteiger partial charge < -0.3 is 9.88 Å². The highest BCUT2D eigenvalue weighted by Gasteiger charge is 2.12. The Labute approximate surface area is 122 Å². The molecule has 3 heteroatoms. The summed E-state index contributed by atoms with van der Waals surface area (Å²) in [5, 5.41) is 3.50. The van der Waals surface area contributed by atoms with Gasteiger partial charge in [-0.3, -0.25) is 0 Å². The van der Waals surface area contributed by atoms with Crippen molar-refractivity contribution in [1.29, 1.82) is 0 Å². The van der Waals surface area contributed by atoms with Crippen molar-refractivity contribution >= 4 is 11.0 Å². The Hall–Kier alpha value is -1.35. The predicted molar refractivity (Wildman–Crippen MR) is 86.3 cm³/mol. The summed E-state index contributed by atoms with van der Waals surface area (Å²) in [5.74, 6) is 1.89. The fraction of sp³-hybridized carbons (Fsp3) is 0.588. The number of nitrogens with zero attached hydrogens (tertiary/aromatic N) is 2. The van der Waals surface area contributed by atoms with Crippen LogP contribution in [-0.4, -0.2) is 22.6 Å². The van der Waals surface area contributed by atoms with Gasteiger partial charge in [0.2, 0.25) is 0 Å². The van der Waals surface area contributed by atoms with E-state index in [0.717, 1.165) is 25.0 Å². The molecule has 0 saturated carbocycles. The first-order valence-electron chi connectivity index (χ1n) is 7.67. The van der Waals surface area contributed by atoms with Crippen molar-refractivity contribution in [1.82, 2.24) is 14.9 Å². The quantitative estimate of drug-likeness (QED) is 0.813. The lowest BCUT2D eigenvalue weighted by molar-refractivity contribution is 0.532. The summed E-state index contributed by atoms with van der Waals surface area (Å²) in [4.78, 5) is 4.83. The normalized spacial score (nSPS) is 11.9. The van der Waals surface area contributed by atoms with Gasteiger partial charge in [0.15, 0.2) is 0 Å². The molecule has 0 fully saturated rings. The smallest absolute Gasteiger partial charge is 0.111 e. The highest BCUT2D eigenvalue weighted by molar-refractivity contribution is 5.77. The van der Waals surface area contributed by atoms with E-state index in [1.807, 2.05) is 0 Å². The largest absolute Gasteiger partial charge is 0.325 e. The van der Waals surface area contributed by atoms with E-state index >= 15 is 0 Å². The van der Waals surface area contributed by atoms with Crippen LogP contribution in [0.1, 0.15) is 45.1 Å². The van der Waals surface area contributed by atoms with E-state index in [0.29, 0.717) is 12.0 Å². The number of nitrogens with one attached hydrogen (secondary N) is 1. The van der Waals surface area contributed by atoms with E-state index in [4.69, 9.17) is 4.98 Å². The molecule has 1 N–H and O–H groups in total. The van der Waals surface area contributed by atoms with Crippen LogP contribution in [0.15, 0.2) is 18.2 Å². The molecule has 2 rings (SSSR count). The van der Waals surface area contributed by atoms with Crippen LogP contribution in [0.5, 0.6) is 0 Å². The van der Waals surface area contributed by atoms with Gasteiger partial charge in [-0.05, 0) is 50.9 Å². The first-order chi connectivity index (χ1) is 9.49. The zero-order valence-corrected chi connectivity index (χ0v) is 13.4. The fourth-order valence-corrected chi connectivity index (χ4v) is 2.60. The summed E-state index contributed by atoms with van der Waals surface area (Å²) in [6.45, 7) is 13.1. The zero-order chi connectivity index (χ0) is 14.7. The SMILES string of the molecule is Cc1ccc2c(c1)nc(CCNCC(C)C)n2C(C)C. The van der Waals surface area contributed by atoms with Crippen LogP contribution in [0.2, 0.25) is 0 Å². The third-order valence-corrected chi connectivity index (χ3v) is 3.51. The minimum atomic E-state index is 0.447. The van der Waals surface area contributed by atoms with E-state index < -0.39 is 0 Å². The van der Waals surface area contributed by atoms with Crippen molar-refractivity contribution in [2.45, 2.75) is 47.1 Å². The molecule has 0 aliphatic carbocycles. The maximum absolute atomic E-state index is 4.83. The molecule has 1 aromatic heterocycles. The number of rotatable bonds is 6. The van der Waals surface area contributed by atoms with Gasteiger partial charge in [-0.1, -0.05) is 19.9 Å². The lowest BCUT2D eigenvalue weighted by Crippen LogP contribution is -2.23. The van der Waals surface area contributed by atoms with Crippen LogP contribution in [0.4, 0.5) is 0 Å². The topological polar surface area (TPSA) is 29.9 Å². The molecule has 20 heavy (non-hydrogen) atoms. The number of imidazole rings is 1. The maximum atomic E-state index is 4.83. The van der Waals surface area contributed by atoms with Crippen molar-refractivity contribution in [3.05, 3.63) is 29.6 Å². The fourth-order valence-electron chi connectivity index (χ4n) is 2.60. The Morgan fingerprint density at radius 3 is 2.60 bits per heavy atom. The molecule has 0 saturated heterocycles. The van der Waals surface area contributed by atoms with Gasteiger partial charge in [-0.15, -0.1) is 0 Å². The van der Waals surface area contributed by atoms with Gasteiger partial charge in [0.1, 0.15) is 5.82 Å². The molecule has 0 radical (unpaired) electrons. The van der Waals surface area contributed by atoms with Gasteiger partial charge in [0, 0.05) is 19.0 Å². The van der Waals surface area contributed by atoms with E-state index in [-0.39, 0.29) is 0 Å². The summed E-state index contributed by atoms with van der Waals surface area (Å²) in [6.07, 6.45) is 0.985. The van der Waals surface area contributed by atoms with Crippen molar-refractivity contribution < 1.29 is 0 Å². The Morgan fingerprint density at radius 2 is 1.95 bits per heavy atom. The third-order valence-electron chi connectivity index (χ3n) is 3.51. The zero-order valence-electron chi connectivity index (χ0n) is 13.4. The molecular weight excluding hydrogens is 246 g/mol. The molecule has 0 atom stereocenters. The number of aromatic nitrogens is 2. The first kappa shape index (κ1) is 15.0. The van der Waals surface area contributed by atoms with Crippen molar-refractivity contribution in [3.8, 4) is 0 Å². The lowest BCUT2D eigenvalue weighted by atomic mass is 10.2. The second-order valence-corrected chi connectivity index (χ2v) is 6.33. The molecule has 0 unspecified atom stereocenters. The van der Waals surface area contributed by atoms with Crippen LogP contribution in [-0.2, 0) is 6.42 Å². The Bertz CT molecular complexity index is 567. The number of hydrogen-bond acceptors (Lipinski definition) is 2. The van der Waals surface area contributed by atoms with Crippen LogP contribution >= 0.6 is 0 Å². The molecule has 0 spiro atoms. The van der Waals surface area contributed by atoms with Crippen molar-refractivity contribution in [2.24, 2.45) is 5.92 Å². The van der Waals surface area contributed by atoms with E-state index in [9.17, 15) is 0 Å². The number of hydrogen-bond donors (Lipinski definition) is 1. The van der Waals surface area contributed by atoms with Crippen molar-refractivity contribution in [3.63, 3.8) is 0 Å². The number of benzene rings is 1. The van der Waals surface area contributed by atoms with Crippen molar-refractivity contribution in [2.75, 3.05) is 13.1 Å². The van der Waals surface area contributed by atoms with Crippen LogP contribution in [0.25, 0.3) is 11.0 Å². The third kappa shape index (κ3) is 3.40. The standard InChI is InChI=1S/C17H27N3/c1-12(2)11-18-9-8-17-19-15-10-14(5)6-7-16(15)20(17)13(3)4/h6-7,10,12-13,18H,8-9,11H2,1-5H3. The lowest BCUT2D eigenvalue weighted by Gasteiger charge is -2.13. The van der Waals surface area contributed by atoms with Gasteiger partial charge in [-0.2, -0.15) is 0 Å². The average Bonchev–Trinajstić information content (AvgIpc) is 2.71. The Balaban J connectivity index is 2.21. The molecule has 0 aliphatic rings. The van der Waals surface area contributed by atoms with E-state index in [1.165, 1.54) is 16.9 Å². The molecule has 110 valence electrons. The van der Waals surface area contributed by atoms with Crippen LogP contribution in [0, 0.1) is 12.8 Å². The van der Waals surface area contributed by atoms with Crippen LogP contribution < -0.4 is 5.32 Å². The summed E-state index contributed by atoms with van der Waals surface area (Å²) in [5.41, 5.74) is 3.65. The monoisotopic (exact) mass is 273 g/mol. The molecule has 3 nitrogen and oxygen atoms in total. The highest BCUT2D eigenvalue weighted by Crippen LogP contribution is 2.22. The molecule has 0 amide bonds. The predicted octanol–water partition coefficient (Wildman–Crippen LogP) is 3.71. The molecule has 1 aromatic carbocycles. The first-order valence-corrected chi connectivity index (χ1v) is 7.67. The van der Waals surface area contributed by atoms with E-state index in [1.54, 1.807) is 0 Å². The summed E-state index contributed by atoms with van der Waals surface area (Å²) in [6, 6.07) is 6.99. The summed E-state index contributed by atoms with van der Waals surface area (Å²) >= 11 is 0. The molecular formula is C17H27N3. The highest BCUT2D eigenvalue weighted by atomic mass is 15.1. The minimum absolute atomic E-state index is 0.447. The second kappa shape index (κ2) is 6.40. The average molecular weight is 273 g/mol. The number of aryl methyl sites for hydroxylation is 1. The molecule has 0 aliphatic heterocycles. The number of fused-ring (bicyclic) bond motifs is 1. The van der Waals surface area contributed by atoms with Gasteiger partial charge in [-0.25, -0.2) is 4.98 Å². The van der Waals surface area contributed by atoms with Gasteiger partial charge >= 0.3 is 0 Å². The maximum Gasteiger partial charge on any atom is 0.111 e. The van der Waals surface area contributed by atoms with E-state index in [2.05, 4.69) is 62.7 Å². The molecule has 1 heterocycles. The van der Waals surface area contributed by atoms with Crippen LogP contribution in [0.3, 0.4) is 0 Å². The minimum Gasteiger partial charge on any atom is -0.325 e. The van der Waals surface area contributed by atoms with Gasteiger partial charge in [0.25, 0.3) is 0 Å². The van der Waals surface area contributed by atoms with Gasteiger partial charge in [0.05, 0.1) is 11.0 Å². The summed E-state index contributed by atoms with van der Waals surface area (Å²) in [7, 11) is 0. The second-order valence-electron chi connectivity index (χ2n) is 6.33. The Kier molecular flexibility index (Phi) is 4.81. The Morgan fingerprint density at radius 1 is 1.20 bits per heavy atom. The summed E-state index contributed by atoms with van der Waals surface area (Å²) < 4.78 is 2.37. The molecule has 2 aromatic rings.